The number of nitrogens with one attached hydrogen (secondary N) is 3. The van der Waals surface area contributed by atoms with E-state index in [1.165, 1.54) is 11.1 Å². The van der Waals surface area contributed by atoms with E-state index in [9.17, 15) is 15.0 Å². The molecule has 0 bridgehead atoms. The minimum atomic E-state index is -1.43. The maximum atomic E-state index is 12.0. The standard InChI is InChI=1S/C37H38N4O4S/c1-41(25-31-24-39-35(45-31)37(44,29-8-4-2-5-9-29)30-10-6-3-7-11-30)23-20-27-14-12-26(13-15-27)18-21-38-22-19-28-16-17-32(42)33-34(28)46-36(43)40-33/h2-17,24,38,42,44H,18-23,25H2,1H3,(H,40,43)/p+1. The predicted molar refractivity (Wildman–Crippen MR) is 181 cm³/mol. The summed E-state index contributed by atoms with van der Waals surface area (Å²) >= 11 is 1.14. The summed E-state index contributed by atoms with van der Waals surface area (Å²) < 4.78 is 7.06. The van der Waals surface area contributed by atoms with Crippen LogP contribution in [-0.4, -0.2) is 46.8 Å². The quantitative estimate of drug-likeness (QED) is 0.125. The van der Waals surface area contributed by atoms with Crippen molar-refractivity contribution in [3.8, 4) is 5.75 Å². The van der Waals surface area contributed by atoms with Gasteiger partial charge in [-0.1, -0.05) is 102 Å². The lowest BCUT2D eigenvalue weighted by molar-refractivity contribution is -0.411. The van der Waals surface area contributed by atoms with E-state index < -0.39 is 5.60 Å². The van der Waals surface area contributed by atoms with Crippen molar-refractivity contribution < 1.29 is 19.6 Å². The van der Waals surface area contributed by atoms with Crippen LogP contribution in [0.4, 0.5) is 0 Å². The molecule has 0 radical (unpaired) electrons. The first-order valence-corrected chi connectivity index (χ1v) is 16.4. The van der Waals surface area contributed by atoms with Crippen molar-refractivity contribution in [1.82, 2.24) is 15.2 Å². The van der Waals surface area contributed by atoms with Crippen LogP contribution in [0.1, 0.15) is 39.5 Å². The molecule has 236 valence electrons. The van der Waals surface area contributed by atoms with Crippen LogP contribution in [0.2, 0.25) is 0 Å². The Morgan fingerprint density at radius 1 is 0.870 bits per heavy atom. The van der Waals surface area contributed by atoms with Gasteiger partial charge in [-0.3, -0.25) is 9.69 Å². The highest BCUT2D eigenvalue weighted by atomic mass is 32.1. The monoisotopic (exact) mass is 635 g/mol. The minimum absolute atomic E-state index is 0.113. The summed E-state index contributed by atoms with van der Waals surface area (Å²) in [7, 11) is 2.07. The summed E-state index contributed by atoms with van der Waals surface area (Å²) in [6.45, 7) is 3.12. The third-order valence-corrected chi connectivity index (χ3v) is 9.30. The van der Waals surface area contributed by atoms with E-state index in [0.29, 0.717) is 18.0 Å². The molecule has 0 spiro atoms. The van der Waals surface area contributed by atoms with Crippen molar-refractivity contribution >= 4 is 21.6 Å². The number of phenolic OH excluding ortho intramolecular Hbond substituents is 1. The van der Waals surface area contributed by atoms with E-state index in [1.807, 2.05) is 72.9 Å². The van der Waals surface area contributed by atoms with Crippen LogP contribution >= 0.6 is 11.3 Å². The van der Waals surface area contributed by atoms with Crippen molar-refractivity contribution in [3.05, 3.63) is 152 Å². The molecule has 0 fully saturated rings. The third-order valence-electron chi connectivity index (χ3n) is 8.34. The zero-order chi connectivity index (χ0) is 31.9. The summed E-state index contributed by atoms with van der Waals surface area (Å²) in [5, 5.41) is 25.4. The number of oxazole rings is 1. The zero-order valence-corrected chi connectivity index (χ0v) is 26.6. The molecule has 0 aliphatic rings. The molecule has 46 heavy (non-hydrogen) atoms. The van der Waals surface area contributed by atoms with E-state index >= 15 is 0 Å². The van der Waals surface area contributed by atoms with E-state index in [-0.39, 0.29) is 10.6 Å². The van der Waals surface area contributed by atoms with Crippen LogP contribution in [0.25, 0.3) is 10.2 Å². The van der Waals surface area contributed by atoms with Crippen molar-refractivity contribution in [3.63, 3.8) is 0 Å². The number of aliphatic hydroxyl groups is 1. The lowest BCUT2D eigenvalue weighted by Crippen LogP contribution is -2.33. The topological polar surface area (TPSA) is 116 Å². The summed E-state index contributed by atoms with van der Waals surface area (Å²) in [4.78, 5) is 19.7. The van der Waals surface area contributed by atoms with Gasteiger partial charge >= 0.3 is 10.8 Å². The Bertz CT molecular complexity index is 1880. The Balaban J connectivity index is 0.970. The number of H-pyrrole nitrogens is 2. The highest BCUT2D eigenvalue weighted by Gasteiger charge is 2.43. The molecule has 8 nitrogen and oxygen atoms in total. The largest absolute Gasteiger partial charge is 0.506 e. The SMILES string of the molecule is CN(CCc1ccc(CCNCCc2ccc(O)c3[nH]c(=O)sc23)cc1)Cc1c[nH+]c(C(O)(c2ccccc2)c2ccccc2)o1. The van der Waals surface area contributed by atoms with Gasteiger partial charge in [-0.05, 0) is 62.2 Å². The molecule has 0 aliphatic carbocycles. The van der Waals surface area contributed by atoms with Crippen molar-refractivity contribution in [2.75, 3.05) is 26.7 Å². The number of likely N-dealkylation sites (N-methyl/N-ethyl adjacent to an activating group) is 1. The summed E-state index contributed by atoms with van der Waals surface area (Å²) in [5.41, 5.74) is 4.19. The molecular formula is C37H39N4O4S+. The summed E-state index contributed by atoms with van der Waals surface area (Å²) in [5.74, 6) is 1.25. The molecule has 0 saturated heterocycles. The Kier molecular flexibility index (Phi) is 9.75. The number of thiazole rings is 1. The third kappa shape index (κ3) is 7.13. The number of hydrogen-bond acceptors (Lipinski definition) is 7. The molecule has 2 heterocycles. The number of aromatic amines is 2. The molecule has 5 N–H and O–H groups in total. The second kappa shape index (κ2) is 14.3. The number of rotatable bonds is 14. The van der Waals surface area contributed by atoms with Crippen LogP contribution in [0.15, 0.2) is 112 Å². The van der Waals surface area contributed by atoms with Gasteiger partial charge in [0.2, 0.25) is 11.8 Å². The fourth-order valence-electron chi connectivity index (χ4n) is 5.77. The number of benzene rings is 4. The molecule has 0 aliphatic heterocycles. The molecule has 6 aromatic rings. The average molecular weight is 636 g/mol. The first-order chi connectivity index (χ1) is 22.4. The number of aromatic hydroxyl groups is 1. The molecule has 0 amide bonds. The van der Waals surface area contributed by atoms with Gasteiger partial charge < -0.3 is 24.9 Å². The molecule has 2 aromatic heterocycles. The molecular weight excluding hydrogens is 596 g/mol. The summed E-state index contributed by atoms with van der Waals surface area (Å²) in [6, 6.07) is 31.5. The molecule has 0 saturated carbocycles. The Labute approximate surface area is 272 Å². The van der Waals surface area contributed by atoms with Crippen LogP contribution in [-0.2, 0) is 31.4 Å². The number of hydrogen-bond donors (Lipinski definition) is 4. The highest BCUT2D eigenvalue weighted by Crippen LogP contribution is 2.35. The van der Waals surface area contributed by atoms with E-state index in [2.05, 4.69) is 51.5 Å². The van der Waals surface area contributed by atoms with Crippen molar-refractivity contribution in [2.45, 2.75) is 31.4 Å². The van der Waals surface area contributed by atoms with Gasteiger partial charge in [0.15, 0.2) is 5.76 Å². The van der Waals surface area contributed by atoms with E-state index in [4.69, 9.17) is 4.42 Å². The summed E-state index contributed by atoms with van der Waals surface area (Å²) in [6.07, 6.45) is 4.46. The Morgan fingerprint density at radius 3 is 2.17 bits per heavy atom. The minimum Gasteiger partial charge on any atom is -0.506 e. The molecule has 0 unspecified atom stereocenters. The van der Waals surface area contributed by atoms with Gasteiger partial charge in [0.1, 0.15) is 11.3 Å². The van der Waals surface area contributed by atoms with Crippen molar-refractivity contribution in [1.29, 1.82) is 0 Å². The maximum absolute atomic E-state index is 12.0. The smallest absolute Gasteiger partial charge is 0.388 e. The van der Waals surface area contributed by atoms with Crippen LogP contribution in [0, 0.1) is 0 Å². The van der Waals surface area contributed by atoms with Gasteiger partial charge in [-0.2, -0.15) is 4.98 Å². The van der Waals surface area contributed by atoms with Gasteiger partial charge in [0.25, 0.3) is 0 Å². The van der Waals surface area contributed by atoms with Crippen LogP contribution < -0.4 is 15.2 Å². The van der Waals surface area contributed by atoms with Gasteiger partial charge in [0.05, 0.1) is 11.2 Å². The second-order valence-corrected chi connectivity index (χ2v) is 12.6. The first kappa shape index (κ1) is 31.4. The zero-order valence-electron chi connectivity index (χ0n) is 25.8. The highest BCUT2D eigenvalue weighted by molar-refractivity contribution is 7.16. The average Bonchev–Trinajstić information content (AvgIpc) is 3.73. The number of aromatic nitrogens is 2. The van der Waals surface area contributed by atoms with E-state index in [1.54, 1.807) is 6.07 Å². The van der Waals surface area contributed by atoms with E-state index in [0.717, 1.165) is 77.4 Å². The van der Waals surface area contributed by atoms with Gasteiger partial charge in [0, 0.05) is 17.7 Å². The number of phenols is 1. The maximum Gasteiger partial charge on any atom is 0.388 e. The fraction of sp³-hybridized carbons (Fsp3) is 0.243. The second-order valence-electron chi connectivity index (χ2n) is 11.6. The normalized spacial score (nSPS) is 11.9. The van der Waals surface area contributed by atoms with Crippen LogP contribution in [0.5, 0.6) is 5.75 Å². The molecule has 9 heteroatoms. The van der Waals surface area contributed by atoms with Crippen molar-refractivity contribution in [2.24, 2.45) is 0 Å². The number of fused-ring (bicyclic) bond motifs is 1. The number of nitrogens with zero attached hydrogens (tertiary/aromatic N) is 1. The Morgan fingerprint density at radius 2 is 1.50 bits per heavy atom. The van der Waals surface area contributed by atoms with Gasteiger partial charge in [-0.15, -0.1) is 0 Å². The molecule has 0 atom stereocenters. The predicted octanol–water partition coefficient (Wildman–Crippen LogP) is 5.04. The molecule has 6 rings (SSSR count). The lowest BCUT2D eigenvalue weighted by atomic mass is 9.86. The fourth-order valence-corrected chi connectivity index (χ4v) is 6.67. The Hall–Kier alpha value is -4.54. The van der Waals surface area contributed by atoms with Crippen LogP contribution in [0.3, 0.4) is 0 Å². The molecule has 4 aromatic carbocycles. The lowest BCUT2D eigenvalue weighted by Gasteiger charge is -2.22. The first-order valence-electron chi connectivity index (χ1n) is 15.5. The van der Waals surface area contributed by atoms with Gasteiger partial charge in [-0.25, -0.2) is 0 Å².